The van der Waals surface area contributed by atoms with Crippen LogP contribution in [0.25, 0.3) is 0 Å². The molecule has 0 aromatic heterocycles. The molecule has 1 aliphatic carbocycles. The van der Waals surface area contributed by atoms with Crippen molar-refractivity contribution in [3.63, 3.8) is 0 Å². The van der Waals surface area contributed by atoms with Gasteiger partial charge in [0.2, 0.25) is 5.91 Å². The minimum atomic E-state index is -0.446. The van der Waals surface area contributed by atoms with Gasteiger partial charge >= 0.3 is 6.09 Å². The molecular formula is C17H28N2O3. The second-order valence-corrected chi connectivity index (χ2v) is 7.25. The van der Waals surface area contributed by atoms with Crippen LogP contribution in [0, 0.1) is 5.92 Å². The van der Waals surface area contributed by atoms with E-state index in [2.05, 4.69) is 5.32 Å². The van der Waals surface area contributed by atoms with Gasteiger partial charge in [0.1, 0.15) is 5.60 Å². The first-order chi connectivity index (χ1) is 10.3. The number of allylic oxidation sites excluding steroid dienone is 1. The molecule has 124 valence electrons. The maximum absolute atomic E-state index is 12.0. The number of ether oxygens (including phenoxy) is 1. The van der Waals surface area contributed by atoms with E-state index < -0.39 is 5.60 Å². The highest BCUT2D eigenvalue weighted by Gasteiger charge is 2.29. The van der Waals surface area contributed by atoms with Gasteiger partial charge in [-0.25, -0.2) is 4.79 Å². The van der Waals surface area contributed by atoms with E-state index in [0.29, 0.717) is 12.5 Å². The van der Waals surface area contributed by atoms with Crippen molar-refractivity contribution in [3.8, 4) is 0 Å². The van der Waals surface area contributed by atoms with E-state index in [4.69, 9.17) is 4.74 Å². The molecule has 0 radical (unpaired) electrons. The highest BCUT2D eigenvalue weighted by molar-refractivity contribution is 5.93. The normalized spacial score (nSPS) is 21.7. The van der Waals surface area contributed by atoms with Crippen molar-refractivity contribution >= 4 is 12.0 Å². The molecule has 1 fully saturated rings. The summed E-state index contributed by atoms with van der Waals surface area (Å²) in [5.74, 6) is 0.532. The van der Waals surface area contributed by atoms with Gasteiger partial charge in [-0.1, -0.05) is 6.08 Å². The first-order valence-corrected chi connectivity index (χ1v) is 8.30. The van der Waals surface area contributed by atoms with E-state index in [1.807, 2.05) is 26.8 Å². The Morgan fingerprint density at radius 3 is 2.82 bits per heavy atom. The fraction of sp³-hybridized carbons (Fsp3) is 0.765. The summed E-state index contributed by atoms with van der Waals surface area (Å²) >= 11 is 0. The lowest BCUT2D eigenvalue weighted by Crippen LogP contribution is -2.35. The Balaban J connectivity index is 1.66. The molecule has 2 rings (SSSR count). The highest BCUT2D eigenvalue weighted by atomic mass is 16.6. The van der Waals surface area contributed by atoms with Crippen molar-refractivity contribution in [2.24, 2.45) is 5.92 Å². The predicted molar refractivity (Wildman–Crippen MR) is 85.5 cm³/mol. The average molecular weight is 308 g/mol. The quantitative estimate of drug-likeness (QED) is 0.869. The van der Waals surface area contributed by atoms with Crippen LogP contribution in [0.5, 0.6) is 0 Å². The number of nitrogens with one attached hydrogen (secondary N) is 1. The van der Waals surface area contributed by atoms with E-state index in [1.165, 1.54) is 0 Å². The first kappa shape index (κ1) is 16.8. The molecule has 22 heavy (non-hydrogen) atoms. The standard InChI is InChI=1S/C17H28N2O3/c1-17(2,3)22-16(21)19-11-9-13(12-19)8-10-18-15(20)14-6-4-5-7-14/h6,13H,4-5,7-12H2,1-3H3,(H,18,20). The van der Waals surface area contributed by atoms with E-state index in [-0.39, 0.29) is 12.0 Å². The van der Waals surface area contributed by atoms with Crippen molar-refractivity contribution in [2.75, 3.05) is 19.6 Å². The number of hydrogen-bond acceptors (Lipinski definition) is 3. The largest absolute Gasteiger partial charge is 0.444 e. The second kappa shape index (κ2) is 7.16. The minimum Gasteiger partial charge on any atom is -0.444 e. The van der Waals surface area contributed by atoms with E-state index in [0.717, 1.165) is 50.8 Å². The molecule has 2 amide bonds. The molecule has 1 aliphatic heterocycles. The minimum absolute atomic E-state index is 0.0829. The number of carbonyl (C=O) groups is 2. The Morgan fingerprint density at radius 1 is 1.41 bits per heavy atom. The second-order valence-electron chi connectivity index (χ2n) is 7.25. The molecule has 1 saturated heterocycles. The predicted octanol–water partition coefficient (Wildman–Crippen LogP) is 2.86. The van der Waals surface area contributed by atoms with Crippen LogP contribution in [0.4, 0.5) is 4.79 Å². The van der Waals surface area contributed by atoms with Crippen LogP contribution in [0.3, 0.4) is 0 Å². The molecule has 0 aromatic rings. The Morgan fingerprint density at radius 2 is 2.18 bits per heavy atom. The third-order valence-corrected chi connectivity index (χ3v) is 4.11. The number of carbonyl (C=O) groups excluding carboxylic acids is 2. The third kappa shape index (κ3) is 5.04. The molecule has 2 aliphatic rings. The van der Waals surface area contributed by atoms with Gasteiger partial charge in [0.25, 0.3) is 0 Å². The number of rotatable bonds is 4. The van der Waals surface area contributed by atoms with Gasteiger partial charge in [0, 0.05) is 25.2 Å². The van der Waals surface area contributed by atoms with Crippen LogP contribution >= 0.6 is 0 Å². The monoisotopic (exact) mass is 308 g/mol. The van der Waals surface area contributed by atoms with E-state index in [9.17, 15) is 9.59 Å². The van der Waals surface area contributed by atoms with Gasteiger partial charge in [0.15, 0.2) is 0 Å². The molecule has 0 saturated carbocycles. The zero-order chi connectivity index (χ0) is 16.2. The number of likely N-dealkylation sites (tertiary alicyclic amines) is 1. The van der Waals surface area contributed by atoms with Crippen molar-refractivity contribution in [3.05, 3.63) is 11.6 Å². The van der Waals surface area contributed by atoms with Crippen molar-refractivity contribution < 1.29 is 14.3 Å². The number of amides is 2. The maximum atomic E-state index is 12.0. The fourth-order valence-electron chi connectivity index (χ4n) is 2.94. The van der Waals surface area contributed by atoms with E-state index >= 15 is 0 Å². The summed E-state index contributed by atoms with van der Waals surface area (Å²) in [6.07, 6.45) is 6.73. The zero-order valence-corrected chi connectivity index (χ0v) is 14.0. The van der Waals surface area contributed by atoms with Crippen LogP contribution in [-0.2, 0) is 9.53 Å². The fourth-order valence-corrected chi connectivity index (χ4v) is 2.94. The summed E-state index contributed by atoms with van der Waals surface area (Å²) in [5.41, 5.74) is 0.486. The molecule has 1 heterocycles. The van der Waals surface area contributed by atoms with Crippen LogP contribution in [0.2, 0.25) is 0 Å². The summed E-state index contributed by atoms with van der Waals surface area (Å²) < 4.78 is 5.39. The van der Waals surface area contributed by atoms with Gasteiger partial charge in [-0.3, -0.25) is 4.79 Å². The summed E-state index contributed by atoms with van der Waals surface area (Å²) in [5, 5.41) is 2.99. The lowest BCUT2D eigenvalue weighted by Gasteiger charge is -2.24. The van der Waals surface area contributed by atoms with Gasteiger partial charge < -0.3 is 15.0 Å². The SMILES string of the molecule is CC(C)(C)OC(=O)N1CCC(CCNC(=O)C2=CCCC2)C1. The highest BCUT2D eigenvalue weighted by Crippen LogP contribution is 2.22. The molecule has 1 unspecified atom stereocenters. The molecule has 1 atom stereocenters. The maximum Gasteiger partial charge on any atom is 0.410 e. The summed E-state index contributed by atoms with van der Waals surface area (Å²) in [7, 11) is 0. The lowest BCUT2D eigenvalue weighted by molar-refractivity contribution is -0.117. The Bertz CT molecular complexity index is 451. The molecular weight excluding hydrogens is 280 g/mol. The number of nitrogens with zero attached hydrogens (tertiary/aromatic N) is 1. The van der Waals surface area contributed by atoms with Gasteiger partial charge in [0.05, 0.1) is 0 Å². The Labute approximate surface area is 133 Å². The topological polar surface area (TPSA) is 58.6 Å². The lowest BCUT2D eigenvalue weighted by atomic mass is 10.1. The first-order valence-electron chi connectivity index (χ1n) is 8.30. The summed E-state index contributed by atoms with van der Waals surface area (Å²) in [6.45, 7) is 7.80. The molecule has 0 bridgehead atoms. The van der Waals surface area contributed by atoms with Gasteiger partial charge in [-0.2, -0.15) is 0 Å². The Hall–Kier alpha value is -1.52. The van der Waals surface area contributed by atoms with Crippen molar-refractivity contribution in [1.29, 1.82) is 0 Å². The number of hydrogen-bond donors (Lipinski definition) is 1. The third-order valence-electron chi connectivity index (χ3n) is 4.11. The zero-order valence-electron chi connectivity index (χ0n) is 14.0. The molecule has 0 spiro atoms. The molecule has 5 heteroatoms. The van der Waals surface area contributed by atoms with Gasteiger partial charge in [-0.05, 0) is 58.8 Å². The van der Waals surface area contributed by atoms with Crippen LogP contribution < -0.4 is 5.32 Å². The molecule has 0 aromatic carbocycles. The summed E-state index contributed by atoms with van der Waals surface area (Å²) in [6, 6.07) is 0. The van der Waals surface area contributed by atoms with Gasteiger partial charge in [-0.15, -0.1) is 0 Å². The average Bonchev–Trinajstić information content (AvgIpc) is 3.08. The van der Waals surface area contributed by atoms with Crippen LogP contribution in [-0.4, -0.2) is 42.1 Å². The molecule has 1 N–H and O–H groups in total. The van der Waals surface area contributed by atoms with E-state index in [1.54, 1.807) is 4.90 Å². The summed E-state index contributed by atoms with van der Waals surface area (Å²) in [4.78, 5) is 25.6. The van der Waals surface area contributed by atoms with Crippen molar-refractivity contribution in [2.45, 2.75) is 58.5 Å². The van der Waals surface area contributed by atoms with Crippen molar-refractivity contribution in [1.82, 2.24) is 10.2 Å². The Kier molecular flexibility index (Phi) is 5.48. The molecule has 5 nitrogen and oxygen atoms in total. The van der Waals surface area contributed by atoms with Crippen LogP contribution in [0.1, 0.15) is 52.9 Å². The smallest absolute Gasteiger partial charge is 0.410 e. The van der Waals surface area contributed by atoms with Crippen LogP contribution in [0.15, 0.2) is 11.6 Å².